The largest absolute Gasteiger partial charge is 0.572 e. The quantitative estimate of drug-likeness (QED) is 0.786. The fourth-order valence-electron chi connectivity index (χ4n) is 2.01. The molecule has 0 aliphatic heterocycles. The minimum absolute atomic E-state index is 0.108. The predicted molar refractivity (Wildman–Crippen MR) is 82.7 cm³/mol. The first-order valence-corrected chi connectivity index (χ1v) is 6.36. The van der Waals surface area contributed by atoms with Gasteiger partial charge in [0.25, 0.3) is 5.56 Å². The fraction of sp³-hybridized carbons (Fsp3) is 0.214. The molecule has 0 spiro atoms. The van der Waals surface area contributed by atoms with E-state index in [0.29, 0.717) is 16.7 Å². The molecule has 0 amide bonds. The molecule has 2 aromatic rings. The molecule has 0 saturated carbocycles. The van der Waals surface area contributed by atoms with E-state index >= 15 is 0 Å². The molecule has 1 aromatic carbocycles. The summed E-state index contributed by atoms with van der Waals surface area (Å²) in [4.78, 5) is 16.5. The zero-order valence-electron chi connectivity index (χ0n) is 12.2. The van der Waals surface area contributed by atoms with Crippen molar-refractivity contribution < 1.29 is 8.63 Å². The molecule has 0 bridgehead atoms. The average molecular weight is 291 g/mol. The summed E-state index contributed by atoms with van der Waals surface area (Å²) in [5, 5.41) is 0.238. The first kappa shape index (κ1) is 15.1. The molecule has 1 N–H and O–H groups in total. The van der Waals surface area contributed by atoms with E-state index in [1.165, 1.54) is 16.7 Å². The van der Waals surface area contributed by atoms with Crippen LogP contribution in [0.1, 0.15) is 5.56 Å². The first-order valence-electron chi connectivity index (χ1n) is 6.36. The second-order valence-corrected chi connectivity index (χ2v) is 5.00. The van der Waals surface area contributed by atoms with Crippen molar-refractivity contribution in [3.63, 3.8) is 0 Å². The minimum Gasteiger partial charge on any atom is -0.378 e. The van der Waals surface area contributed by atoms with Crippen molar-refractivity contribution in [2.24, 2.45) is 7.05 Å². The molecule has 1 aromatic heterocycles. The topological polar surface area (TPSA) is 41.0 Å². The Bertz CT molecular complexity index is 824. The van der Waals surface area contributed by atoms with Crippen molar-refractivity contribution in [1.82, 2.24) is 9.55 Å². The summed E-state index contributed by atoms with van der Waals surface area (Å²) in [5.74, 6) is 0. The van der Waals surface area contributed by atoms with Crippen LogP contribution in [-0.4, -0.2) is 30.9 Å². The van der Waals surface area contributed by atoms with Gasteiger partial charge in [-0.1, -0.05) is 12.6 Å². The summed E-state index contributed by atoms with van der Waals surface area (Å²) < 4.78 is 27.8. The predicted octanol–water partition coefficient (Wildman–Crippen LogP) is -0.347. The summed E-state index contributed by atoms with van der Waals surface area (Å²) in [6, 6.07) is 4.74. The molecular weight excluding hydrogens is 275 g/mol. The maximum atomic E-state index is 13.2. The molecule has 1 heterocycles. The number of nitrogens with one attached hydrogen (secondary N) is 1. The van der Waals surface area contributed by atoms with Crippen LogP contribution in [0.2, 0.25) is 0 Å². The highest BCUT2D eigenvalue weighted by molar-refractivity contribution is 6.61. The highest BCUT2D eigenvalue weighted by Crippen LogP contribution is 2.12. The molecule has 0 saturated heterocycles. The molecule has 0 aliphatic carbocycles. The van der Waals surface area contributed by atoms with E-state index in [9.17, 15) is 13.4 Å². The van der Waals surface area contributed by atoms with Gasteiger partial charge in [0.1, 0.15) is 10.8 Å². The Hall–Kier alpha value is -2.31. The molecular formula is C14H16BF2N3O. The second kappa shape index (κ2) is 5.59. The summed E-state index contributed by atoms with van der Waals surface area (Å²) in [7, 11) is 2.52. The normalized spacial score (nSPS) is 11.8. The number of imidazole rings is 1. The smallest absolute Gasteiger partial charge is 0.378 e. The van der Waals surface area contributed by atoms with E-state index in [4.69, 9.17) is 0 Å². The van der Waals surface area contributed by atoms with Crippen molar-refractivity contribution in [2.75, 3.05) is 19.0 Å². The van der Waals surface area contributed by atoms with Crippen LogP contribution < -0.4 is 26.8 Å². The van der Waals surface area contributed by atoms with Crippen molar-refractivity contribution in [3.8, 4) is 0 Å². The molecule has 0 unspecified atom stereocenters. The van der Waals surface area contributed by atoms with Crippen LogP contribution in [0.3, 0.4) is 0 Å². The molecule has 0 atom stereocenters. The van der Waals surface area contributed by atoms with Gasteiger partial charge in [0.2, 0.25) is 0 Å². The molecule has 4 nitrogen and oxygen atoms in total. The molecule has 2 rings (SSSR count). The number of aromatic amines is 1. The van der Waals surface area contributed by atoms with Crippen LogP contribution in [-0.2, 0) is 7.05 Å². The van der Waals surface area contributed by atoms with Gasteiger partial charge in [-0.3, -0.25) is 18.0 Å². The first-order chi connectivity index (χ1) is 9.81. The lowest BCUT2D eigenvalue weighted by Gasteiger charge is -2.14. The summed E-state index contributed by atoms with van der Waals surface area (Å²) in [6.45, 7) is 3.67. The lowest BCUT2D eigenvalue weighted by atomic mass is 9.81. The maximum Gasteiger partial charge on any atom is 0.572 e. The lowest BCUT2D eigenvalue weighted by Crippen LogP contribution is -2.30. The number of halogens is 2. The van der Waals surface area contributed by atoms with Gasteiger partial charge >= 0.3 is 7.27 Å². The molecule has 0 radical (unpaired) electrons. The average Bonchev–Trinajstić information content (AvgIpc) is 2.66. The van der Waals surface area contributed by atoms with Crippen molar-refractivity contribution >= 4 is 31.1 Å². The number of aromatic nitrogens is 2. The van der Waals surface area contributed by atoms with Crippen LogP contribution in [0.5, 0.6) is 0 Å². The minimum atomic E-state index is -2.62. The van der Waals surface area contributed by atoms with Gasteiger partial charge in [-0.25, -0.2) is 0 Å². The van der Waals surface area contributed by atoms with Gasteiger partial charge in [-0.05, 0) is 23.8 Å². The van der Waals surface area contributed by atoms with Crippen LogP contribution in [0.4, 0.5) is 14.3 Å². The molecule has 7 heteroatoms. The second-order valence-electron chi connectivity index (χ2n) is 5.00. The van der Waals surface area contributed by atoms with E-state index in [2.05, 4.69) is 11.6 Å². The Labute approximate surface area is 121 Å². The summed E-state index contributed by atoms with van der Waals surface area (Å²) in [5.41, 5.74) is 1.02. The third-order valence-electron chi connectivity index (χ3n) is 3.34. The van der Waals surface area contributed by atoms with Gasteiger partial charge in [0, 0.05) is 32.3 Å². The highest BCUT2D eigenvalue weighted by Gasteiger charge is 2.20. The number of nitrogens with zero attached hydrogens (tertiary/aromatic N) is 2. The van der Waals surface area contributed by atoms with Gasteiger partial charge in [-0.15, -0.1) is 0 Å². The zero-order chi connectivity index (χ0) is 15.7. The highest BCUT2D eigenvalue weighted by atomic mass is 19.2. The Morgan fingerprint density at radius 1 is 1.38 bits per heavy atom. The maximum absolute atomic E-state index is 13.2. The number of hydrogen-bond acceptors (Lipinski definition) is 2. The van der Waals surface area contributed by atoms with Crippen LogP contribution >= 0.6 is 0 Å². The number of anilines is 1. The SMILES string of the molecule is C=c1[nH]/c(=C\c2ccc(N(C)C)cc2B(F)F)c(=O)n1C. The van der Waals surface area contributed by atoms with E-state index in [0.717, 1.165) is 0 Å². The number of hydrogen-bond donors (Lipinski definition) is 1. The van der Waals surface area contributed by atoms with Crippen molar-refractivity contribution in [3.05, 3.63) is 44.9 Å². The van der Waals surface area contributed by atoms with Crippen molar-refractivity contribution in [2.45, 2.75) is 0 Å². The Balaban J connectivity index is 2.66. The Morgan fingerprint density at radius 3 is 2.52 bits per heavy atom. The zero-order valence-corrected chi connectivity index (χ0v) is 12.2. The number of benzene rings is 1. The lowest BCUT2D eigenvalue weighted by molar-refractivity contribution is 0.684. The molecule has 110 valence electrons. The molecule has 21 heavy (non-hydrogen) atoms. The van der Waals surface area contributed by atoms with Gasteiger partial charge in [0.05, 0.1) is 0 Å². The standard InChI is InChI=1S/C14H16BF2N3O/c1-9-18-13(14(21)20(9)4)7-10-5-6-11(19(2)3)8-12(10)15(16)17/h5-8,18H,1H2,2-4H3/b13-7-. The molecule has 0 fully saturated rings. The Morgan fingerprint density at radius 2 is 2.05 bits per heavy atom. The van der Waals surface area contributed by atoms with E-state index in [1.807, 2.05) is 0 Å². The van der Waals surface area contributed by atoms with Crippen molar-refractivity contribution in [1.29, 1.82) is 0 Å². The molecule has 0 aliphatic rings. The number of rotatable bonds is 3. The van der Waals surface area contributed by atoms with Gasteiger partial charge in [-0.2, -0.15) is 0 Å². The van der Waals surface area contributed by atoms with Crippen LogP contribution in [0.15, 0.2) is 23.0 Å². The van der Waals surface area contributed by atoms with Crippen LogP contribution in [0.25, 0.3) is 12.7 Å². The van der Waals surface area contributed by atoms with E-state index < -0.39 is 7.27 Å². The third-order valence-corrected chi connectivity index (χ3v) is 3.34. The van der Waals surface area contributed by atoms with E-state index in [-0.39, 0.29) is 16.4 Å². The van der Waals surface area contributed by atoms with Gasteiger partial charge in [0.15, 0.2) is 0 Å². The van der Waals surface area contributed by atoms with Gasteiger partial charge < -0.3 is 9.88 Å². The monoisotopic (exact) mass is 291 g/mol. The van der Waals surface area contributed by atoms with Crippen LogP contribution in [0, 0.1) is 0 Å². The summed E-state index contributed by atoms with van der Waals surface area (Å²) >= 11 is 0. The Kier molecular flexibility index (Phi) is 4.02. The number of H-pyrrole nitrogens is 1. The fourth-order valence-corrected chi connectivity index (χ4v) is 2.01. The third kappa shape index (κ3) is 2.91. The van der Waals surface area contributed by atoms with E-state index in [1.54, 1.807) is 38.2 Å². The summed E-state index contributed by atoms with van der Waals surface area (Å²) in [6.07, 6.45) is 1.43.